The van der Waals surface area contributed by atoms with E-state index in [-0.39, 0.29) is 6.04 Å². The molecular formula is C13H16N4. The van der Waals surface area contributed by atoms with Crippen molar-refractivity contribution in [1.29, 1.82) is 0 Å². The SMILES string of the molecule is Cc1nc(Cc2ccncc2)ncc1C(C)N. The fraction of sp³-hybridized carbons (Fsp3) is 0.308. The maximum absolute atomic E-state index is 5.83. The van der Waals surface area contributed by atoms with Crippen LogP contribution in [0.5, 0.6) is 0 Å². The summed E-state index contributed by atoms with van der Waals surface area (Å²) in [6.45, 7) is 3.91. The van der Waals surface area contributed by atoms with Crippen LogP contribution in [0.4, 0.5) is 0 Å². The van der Waals surface area contributed by atoms with E-state index in [9.17, 15) is 0 Å². The molecule has 1 unspecified atom stereocenters. The molecule has 0 spiro atoms. The van der Waals surface area contributed by atoms with E-state index in [2.05, 4.69) is 15.0 Å². The Bertz CT molecular complexity index is 494. The van der Waals surface area contributed by atoms with Gasteiger partial charge in [-0.1, -0.05) is 0 Å². The van der Waals surface area contributed by atoms with E-state index in [0.717, 1.165) is 29.1 Å². The van der Waals surface area contributed by atoms with Gasteiger partial charge in [0.05, 0.1) is 0 Å². The second-order valence-electron chi connectivity index (χ2n) is 4.15. The molecular weight excluding hydrogens is 212 g/mol. The summed E-state index contributed by atoms with van der Waals surface area (Å²) in [6.07, 6.45) is 6.10. The van der Waals surface area contributed by atoms with E-state index in [1.165, 1.54) is 0 Å². The Kier molecular flexibility index (Phi) is 3.44. The van der Waals surface area contributed by atoms with Gasteiger partial charge in [0, 0.05) is 42.3 Å². The number of hydrogen-bond donors (Lipinski definition) is 1. The van der Waals surface area contributed by atoms with Crippen molar-refractivity contribution in [3.63, 3.8) is 0 Å². The van der Waals surface area contributed by atoms with E-state index >= 15 is 0 Å². The molecule has 4 heteroatoms. The minimum Gasteiger partial charge on any atom is -0.324 e. The molecule has 4 nitrogen and oxygen atoms in total. The molecule has 2 aromatic heterocycles. The van der Waals surface area contributed by atoms with Gasteiger partial charge in [0.2, 0.25) is 0 Å². The highest BCUT2D eigenvalue weighted by Gasteiger charge is 2.07. The number of hydrogen-bond acceptors (Lipinski definition) is 4. The lowest BCUT2D eigenvalue weighted by molar-refractivity contribution is 0.776. The van der Waals surface area contributed by atoms with E-state index in [1.807, 2.05) is 32.2 Å². The molecule has 0 aliphatic rings. The number of nitrogens with zero attached hydrogens (tertiary/aromatic N) is 3. The molecule has 2 N–H and O–H groups in total. The Morgan fingerprint density at radius 2 is 2.00 bits per heavy atom. The fourth-order valence-corrected chi connectivity index (χ4v) is 1.74. The van der Waals surface area contributed by atoms with Crippen LogP contribution in [-0.4, -0.2) is 15.0 Å². The zero-order chi connectivity index (χ0) is 12.3. The molecule has 0 aromatic carbocycles. The molecule has 0 saturated heterocycles. The summed E-state index contributed by atoms with van der Waals surface area (Å²) < 4.78 is 0. The second-order valence-corrected chi connectivity index (χ2v) is 4.15. The third-order valence-electron chi connectivity index (χ3n) is 2.67. The smallest absolute Gasteiger partial charge is 0.132 e. The highest BCUT2D eigenvalue weighted by atomic mass is 14.9. The summed E-state index contributed by atoms with van der Waals surface area (Å²) in [6, 6.07) is 3.92. The van der Waals surface area contributed by atoms with Crippen molar-refractivity contribution >= 4 is 0 Å². The molecule has 2 heterocycles. The molecule has 0 amide bonds. The Balaban J connectivity index is 2.21. The largest absolute Gasteiger partial charge is 0.324 e. The van der Waals surface area contributed by atoms with Gasteiger partial charge in [0.25, 0.3) is 0 Å². The first-order valence-corrected chi connectivity index (χ1v) is 5.63. The zero-order valence-corrected chi connectivity index (χ0v) is 10.1. The van der Waals surface area contributed by atoms with Crippen molar-refractivity contribution in [3.05, 3.63) is 53.4 Å². The second kappa shape index (κ2) is 5.01. The Morgan fingerprint density at radius 1 is 1.29 bits per heavy atom. The van der Waals surface area contributed by atoms with Crippen molar-refractivity contribution in [1.82, 2.24) is 15.0 Å². The monoisotopic (exact) mass is 228 g/mol. The van der Waals surface area contributed by atoms with Crippen LogP contribution in [0.3, 0.4) is 0 Å². The van der Waals surface area contributed by atoms with E-state index < -0.39 is 0 Å². The number of nitrogens with two attached hydrogens (primary N) is 1. The molecule has 0 aliphatic carbocycles. The van der Waals surface area contributed by atoms with E-state index in [4.69, 9.17) is 5.73 Å². The van der Waals surface area contributed by atoms with Crippen LogP contribution < -0.4 is 5.73 Å². The molecule has 0 bridgehead atoms. The van der Waals surface area contributed by atoms with E-state index in [1.54, 1.807) is 12.4 Å². The molecule has 0 aliphatic heterocycles. The summed E-state index contributed by atoms with van der Waals surface area (Å²) >= 11 is 0. The lowest BCUT2D eigenvalue weighted by Gasteiger charge is -2.09. The van der Waals surface area contributed by atoms with Crippen LogP contribution in [0.1, 0.15) is 35.6 Å². The van der Waals surface area contributed by atoms with Crippen molar-refractivity contribution < 1.29 is 0 Å². The van der Waals surface area contributed by atoms with Crippen LogP contribution in [0.2, 0.25) is 0 Å². The summed E-state index contributed by atoms with van der Waals surface area (Å²) in [5.74, 6) is 0.818. The molecule has 0 fully saturated rings. The van der Waals surface area contributed by atoms with Crippen molar-refractivity contribution in [2.24, 2.45) is 5.73 Å². The normalized spacial score (nSPS) is 12.4. The average Bonchev–Trinajstić information content (AvgIpc) is 2.30. The van der Waals surface area contributed by atoms with Gasteiger partial charge in [-0.15, -0.1) is 0 Å². The topological polar surface area (TPSA) is 64.7 Å². The fourth-order valence-electron chi connectivity index (χ4n) is 1.74. The van der Waals surface area contributed by atoms with Gasteiger partial charge in [0.1, 0.15) is 5.82 Å². The standard InChI is InChI=1S/C13H16N4/c1-9(14)12-8-16-13(17-10(12)2)7-11-3-5-15-6-4-11/h3-6,8-9H,7,14H2,1-2H3. The van der Waals surface area contributed by atoms with Crippen LogP contribution in [0.15, 0.2) is 30.7 Å². The first-order valence-electron chi connectivity index (χ1n) is 5.63. The Hall–Kier alpha value is -1.81. The number of aryl methyl sites for hydroxylation is 1. The third kappa shape index (κ3) is 2.85. The molecule has 0 radical (unpaired) electrons. The molecule has 2 rings (SSSR count). The zero-order valence-electron chi connectivity index (χ0n) is 10.1. The van der Waals surface area contributed by atoms with Gasteiger partial charge in [-0.3, -0.25) is 4.98 Å². The maximum atomic E-state index is 5.83. The maximum Gasteiger partial charge on any atom is 0.132 e. The molecule has 2 aromatic rings. The first kappa shape index (κ1) is 11.7. The van der Waals surface area contributed by atoms with Crippen molar-refractivity contribution in [2.75, 3.05) is 0 Å². The Labute approximate surface area is 101 Å². The summed E-state index contributed by atoms with van der Waals surface area (Å²) in [7, 11) is 0. The lowest BCUT2D eigenvalue weighted by atomic mass is 10.1. The number of pyridine rings is 1. The van der Waals surface area contributed by atoms with Crippen molar-refractivity contribution in [2.45, 2.75) is 26.3 Å². The molecule has 17 heavy (non-hydrogen) atoms. The van der Waals surface area contributed by atoms with Crippen LogP contribution in [0, 0.1) is 6.92 Å². The van der Waals surface area contributed by atoms with Gasteiger partial charge in [-0.05, 0) is 31.5 Å². The highest BCUT2D eigenvalue weighted by molar-refractivity contribution is 5.22. The van der Waals surface area contributed by atoms with Crippen LogP contribution >= 0.6 is 0 Å². The number of rotatable bonds is 3. The Morgan fingerprint density at radius 3 is 2.59 bits per heavy atom. The number of aromatic nitrogens is 3. The molecule has 88 valence electrons. The van der Waals surface area contributed by atoms with Crippen molar-refractivity contribution in [3.8, 4) is 0 Å². The van der Waals surface area contributed by atoms with Gasteiger partial charge in [-0.25, -0.2) is 9.97 Å². The van der Waals surface area contributed by atoms with Crippen LogP contribution in [0.25, 0.3) is 0 Å². The third-order valence-corrected chi connectivity index (χ3v) is 2.67. The quantitative estimate of drug-likeness (QED) is 0.869. The molecule has 1 atom stereocenters. The average molecular weight is 228 g/mol. The minimum atomic E-state index is -0.0232. The summed E-state index contributed by atoms with van der Waals surface area (Å²) in [5, 5.41) is 0. The van der Waals surface area contributed by atoms with Gasteiger partial charge in [0.15, 0.2) is 0 Å². The van der Waals surface area contributed by atoms with Gasteiger partial charge in [-0.2, -0.15) is 0 Å². The van der Waals surface area contributed by atoms with Gasteiger partial charge >= 0.3 is 0 Å². The van der Waals surface area contributed by atoms with E-state index in [0.29, 0.717) is 0 Å². The minimum absolute atomic E-state index is 0.0232. The van der Waals surface area contributed by atoms with Gasteiger partial charge < -0.3 is 5.73 Å². The summed E-state index contributed by atoms with van der Waals surface area (Å²) in [4.78, 5) is 12.8. The van der Waals surface area contributed by atoms with Crippen LogP contribution in [-0.2, 0) is 6.42 Å². The first-order chi connectivity index (χ1) is 8.16. The summed E-state index contributed by atoms with van der Waals surface area (Å²) in [5.41, 5.74) is 8.95. The predicted molar refractivity (Wildman–Crippen MR) is 66.4 cm³/mol. The lowest BCUT2D eigenvalue weighted by Crippen LogP contribution is -2.10. The molecule has 0 saturated carbocycles. The predicted octanol–water partition coefficient (Wildman–Crippen LogP) is 1.79. The highest BCUT2D eigenvalue weighted by Crippen LogP contribution is 2.13.